The first kappa shape index (κ1) is 17.2. The van der Waals surface area contributed by atoms with Gasteiger partial charge in [-0.2, -0.15) is 0 Å². The molecule has 0 radical (unpaired) electrons. The molecule has 21 heavy (non-hydrogen) atoms. The van der Waals surface area contributed by atoms with Gasteiger partial charge in [-0.1, -0.05) is 0 Å². The van der Waals surface area contributed by atoms with E-state index in [9.17, 15) is 4.79 Å². The smallest absolute Gasteiger partial charge is 0.339 e. The molecule has 0 bridgehead atoms. The lowest BCUT2D eigenvalue weighted by Gasteiger charge is -1.98. The van der Waals surface area contributed by atoms with Crippen LogP contribution in [-0.2, 0) is 6.61 Å². The first-order valence-electron chi connectivity index (χ1n) is 5.66. The number of aromatic carboxylic acids is 1. The summed E-state index contributed by atoms with van der Waals surface area (Å²) in [5, 5.41) is 17.5. The largest absolute Gasteiger partial charge is 0.478 e. The van der Waals surface area contributed by atoms with Gasteiger partial charge in [0.2, 0.25) is 10.6 Å². The lowest BCUT2D eigenvalue weighted by Crippen LogP contribution is -2.02. The Kier molecular flexibility index (Phi) is 6.41. The Labute approximate surface area is 130 Å². The summed E-state index contributed by atoms with van der Waals surface area (Å²) >= 11 is 10.9. The highest BCUT2D eigenvalue weighted by Gasteiger charge is 2.08. The predicted octanol–water partition coefficient (Wildman–Crippen LogP) is 2.07. The average molecular weight is 331 g/mol. The molecule has 0 spiro atoms. The molecule has 2 heterocycles. The van der Waals surface area contributed by atoms with Crippen LogP contribution >= 0.6 is 23.2 Å². The van der Waals surface area contributed by atoms with Crippen LogP contribution in [-0.4, -0.2) is 36.1 Å². The third-order valence-electron chi connectivity index (χ3n) is 2.40. The number of aliphatic hydroxyl groups excluding tert-OH is 1. The zero-order valence-electron chi connectivity index (χ0n) is 11.2. The predicted molar refractivity (Wildman–Crippen MR) is 76.4 cm³/mol. The SMILES string of the molecule is Cc1nc(Cl)ncc1C(=O)O.Cc1nc(Cl)ncc1CO. The van der Waals surface area contributed by atoms with E-state index in [2.05, 4.69) is 19.9 Å². The van der Waals surface area contributed by atoms with E-state index in [0.29, 0.717) is 11.3 Å². The molecule has 0 fully saturated rings. The van der Waals surface area contributed by atoms with Crippen LogP contribution in [0.1, 0.15) is 27.3 Å². The third-order valence-corrected chi connectivity index (χ3v) is 2.77. The van der Waals surface area contributed by atoms with E-state index < -0.39 is 5.97 Å². The minimum absolute atomic E-state index is 0.0387. The number of halogens is 2. The molecule has 0 atom stereocenters. The number of nitrogens with zero attached hydrogens (tertiary/aromatic N) is 4. The number of hydrogen-bond donors (Lipinski definition) is 2. The topological polar surface area (TPSA) is 109 Å². The quantitative estimate of drug-likeness (QED) is 0.811. The molecule has 2 N–H and O–H groups in total. The molecule has 0 aliphatic carbocycles. The van der Waals surface area contributed by atoms with Gasteiger partial charge in [-0.25, -0.2) is 24.7 Å². The second kappa shape index (κ2) is 7.82. The summed E-state index contributed by atoms with van der Waals surface area (Å²) in [7, 11) is 0. The normalized spacial score (nSPS) is 9.76. The molecule has 7 nitrogen and oxygen atoms in total. The number of rotatable bonds is 2. The van der Waals surface area contributed by atoms with E-state index in [4.69, 9.17) is 33.4 Å². The van der Waals surface area contributed by atoms with Crippen molar-refractivity contribution in [3.8, 4) is 0 Å². The van der Waals surface area contributed by atoms with Crippen molar-refractivity contribution in [2.75, 3.05) is 0 Å². The number of carbonyl (C=O) groups is 1. The lowest BCUT2D eigenvalue weighted by atomic mass is 10.2. The minimum atomic E-state index is -1.04. The highest BCUT2D eigenvalue weighted by Crippen LogP contribution is 2.07. The number of aromatic nitrogens is 4. The van der Waals surface area contributed by atoms with Crippen LogP contribution in [0.4, 0.5) is 0 Å². The summed E-state index contributed by atoms with van der Waals surface area (Å²) in [6, 6.07) is 0. The van der Waals surface area contributed by atoms with Crippen molar-refractivity contribution in [2.24, 2.45) is 0 Å². The van der Waals surface area contributed by atoms with Gasteiger partial charge in [-0.15, -0.1) is 0 Å². The molecule has 112 valence electrons. The monoisotopic (exact) mass is 330 g/mol. The van der Waals surface area contributed by atoms with Gasteiger partial charge < -0.3 is 10.2 Å². The van der Waals surface area contributed by atoms with E-state index in [1.54, 1.807) is 13.8 Å². The fourth-order valence-electron chi connectivity index (χ4n) is 1.27. The molecule has 0 saturated carbocycles. The molecule has 0 aromatic carbocycles. The molecular formula is C12H12Cl2N4O3. The first-order valence-corrected chi connectivity index (χ1v) is 6.42. The molecule has 0 unspecified atom stereocenters. The molecule has 0 aliphatic heterocycles. The van der Waals surface area contributed by atoms with Gasteiger partial charge in [0.05, 0.1) is 17.9 Å². The van der Waals surface area contributed by atoms with Crippen molar-refractivity contribution < 1.29 is 15.0 Å². The molecule has 2 aromatic rings. The van der Waals surface area contributed by atoms with Crippen LogP contribution in [0.2, 0.25) is 10.6 Å². The van der Waals surface area contributed by atoms with Gasteiger partial charge in [0, 0.05) is 23.7 Å². The van der Waals surface area contributed by atoms with Crippen LogP contribution in [0.5, 0.6) is 0 Å². The van der Waals surface area contributed by atoms with Crippen molar-refractivity contribution in [3.63, 3.8) is 0 Å². The standard InChI is InChI=1S/C6H5ClN2O2.C6H7ClN2O/c1-3-4(5(10)11)2-8-6(7)9-3;1-4-5(3-10)2-8-6(7)9-4/h2H,1H3,(H,10,11);2,10H,3H2,1H3. The summed E-state index contributed by atoms with van der Waals surface area (Å²) < 4.78 is 0. The number of aliphatic hydroxyl groups is 1. The Balaban J connectivity index is 0.000000211. The van der Waals surface area contributed by atoms with Gasteiger partial charge in [0.25, 0.3) is 0 Å². The van der Waals surface area contributed by atoms with Gasteiger partial charge >= 0.3 is 5.97 Å². The summed E-state index contributed by atoms with van der Waals surface area (Å²) in [6.07, 6.45) is 2.71. The van der Waals surface area contributed by atoms with Gasteiger partial charge in [0.1, 0.15) is 0 Å². The molecule has 2 rings (SSSR count). The van der Waals surface area contributed by atoms with Crippen molar-refractivity contribution >= 4 is 29.2 Å². The van der Waals surface area contributed by atoms with E-state index >= 15 is 0 Å². The Morgan fingerprint density at radius 3 is 2.05 bits per heavy atom. The lowest BCUT2D eigenvalue weighted by molar-refractivity contribution is 0.0695. The van der Waals surface area contributed by atoms with E-state index in [1.807, 2.05) is 0 Å². The van der Waals surface area contributed by atoms with Crippen LogP contribution < -0.4 is 0 Å². The summed E-state index contributed by atoms with van der Waals surface area (Å²) in [5.74, 6) is -1.04. The third kappa shape index (κ3) is 5.22. The maximum Gasteiger partial charge on any atom is 0.339 e. The van der Waals surface area contributed by atoms with Crippen molar-refractivity contribution in [1.82, 2.24) is 19.9 Å². The molecule has 0 aliphatic rings. The fourth-order valence-corrected chi connectivity index (χ4v) is 1.62. The average Bonchev–Trinajstić information content (AvgIpc) is 2.39. The summed E-state index contributed by atoms with van der Waals surface area (Å²) in [6.45, 7) is 3.30. The number of hydrogen-bond acceptors (Lipinski definition) is 6. The van der Waals surface area contributed by atoms with E-state index in [-0.39, 0.29) is 22.7 Å². The first-order chi connectivity index (χ1) is 9.85. The zero-order chi connectivity index (χ0) is 16.0. The Morgan fingerprint density at radius 1 is 1.10 bits per heavy atom. The van der Waals surface area contributed by atoms with Crippen molar-refractivity contribution in [2.45, 2.75) is 20.5 Å². The highest BCUT2D eigenvalue weighted by atomic mass is 35.5. The number of aryl methyl sites for hydroxylation is 2. The Morgan fingerprint density at radius 2 is 1.62 bits per heavy atom. The highest BCUT2D eigenvalue weighted by molar-refractivity contribution is 6.28. The van der Waals surface area contributed by atoms with Crippen LogP contribution in [0.25, 0.3) is 0 Å². The maximum atomic E-state index is 10.4. The second-order valence-electron chi connectivity index (χ2n) is 3.85. The van der Waals surface area contributed by atoms with E-state index in [0.717, 1.165) is 5.69 Å². The summed E-state index contributed by atoms with van der Waals surface area (Å²) in [5.41, 5.74) is 1.89. The van der Waals surface area contributed by atoms with Gasteiger partial charge in [-0.3, -0.25) is 0 Å². The van der Waals surface area contributed by atoms with Crippen molar-refractivity contribution in [3.05, 3.63) is 45.5 Å². The number of carboxylic acids is 1. The van der Waals surface area contributed by atoms with Crippen LogP contribution in [0, 0.1) is 13.8 Å². The van der Waals surface area contributed by atoms with E-state index in [1.165, 1.54) is 12.4 Å². The molecular weight excluding hydrogens is 319 g/mol. The van der Waals surface area contributed by atoms with Gasteiger partial charge in [0.15, 0.2) is 0 Å². The number of carboxylic acid groups (broad SMARTS) is 1. The molecule has 0 saturated heterocycles. The Hall–Kier alpha value is -1.83. The van der Waals surface area contributed by atoms with Crippen LogP contribution in [0.3, 0.4) is 0 Å². The van der Waals surface area contributed by atoms with Crippen LogP contribution in [0.15, 0.2) is 12.4 Å². The van der Waals surface area contributed by atoms with Crippen molar-refractivity contribution in [1.29, 1.82) is 0 Å². The van der Waals surface area contributed by atoms with Gasteiger partial charge in [-0.05, 0) is 37.0 Å². The molecule has 2 aromatic heterocycles. The maximum absolute atomic E-state index is 10.4. The Bertz CT molecular complexity index is 652. The molecule has 0 amide bonds. The summed E-state index contributed by atoms with van der Waals surface area (Å²) in [4.78, 5) is 25.2. The zero-order valence-corrected chi connectivity index (χ0v) is 12.7. The second-order valence-corrected chi connectivity index (χ2v) is 4.53. The fraction of sp³-hybridized carbons (Fsp3) is 0.250. The minimum Gasteiger partial charge on any atom is -0.478 e. The molecule has 9 heteroatoms.